The molecule has 2 rings (SSSR count). The molecule has 0 fully saturated rings. The zero-order valence-electron chi connectivity index (χ0n) is 9.48. The highest BCUT2D eigenvalue weighted by molar-refractivity contribution is 8.00. The number of thioether (sulfide) groups is 1. The number of fused-ring (bicyclic) bond motifs is 1. The maximum absolute atomic E-state index is 11.3. The Labute approximate surface area is 105 Å². The molecule has 0 aromatic heterocycles. The number of anilines is 1. The minimum atomic E-state index is -0.0868. The lowest BCUT2D eigenvalue weighted by Crippen LogP contribution is -2.19. The molecule has 1 unspecified atom stereocenters. The number of aliphatic hydroxyl groups is 1. The molecule has 1 atom stereocenters. The lowest BCUT2D eigenvalue weighted by atomic mass is 10.0. The first-order valence-corrected chi connectivity index (χ1v) is 6.62. The molecule has 4 nitrogen and oxygen atoms in total. The highest BCUT2D eigenvalue weighted by Gasteiger charge is 2.16. The van der Waals surface area contributed by atoms with Crippen LogP contribution in [0.1, 0.15) is 24.4 Å². The van der Waals surface area contributed by atoms with Crippen molar-refractivity contribution in [1.29, 1.82) is 0 Å². The van der Waals surface area contributed by atoms with Crippen LogP contribution >= 0.6 is 11.8 Å². The minimum absolute atomic E-state index is 0.0311. The summed E-state index contributed by atoms with van der Waals surface area (Å²) < 4.78 is 0. The molecule has 1 aliphatic heterocycles. The van der Waals surface area contributed by atoms with Gasteiger partial charge in [0.25, 0.3) is 0 Å². The first-order valence-electron chi connectivity index (χ1n) is 5.63. The van der Waals surface area contributed by atoms with Gasteiger partial charge in [0.05, 0.1) is 11.4 Å². The molecule has 0 radical (unpaired) electrons. The number of aliphatic hydroxyl groups excluding tert-OH is 1. The summed E-state index contributed by atoms with van der Waals surface area (Å²) in [6.45, 7) is 0.158. The molecule has 0 bridgehead atoms. The highest BCUT2D eigenvalue weighted by Crippen LogP contribution is 2.33. The van der Waals surface area contributed by atoms with Gasteiger partial charge in [-0.3, -0.25) is 4.79 Å². The number of hydrogen-bond donors (Lipinski definition) is 3. The topological polar surface area (TPSA) is 75.3 Å². The van der Waals surface area contributed by atoms with Crippen molar-refractivity contribution in [2.75, 3.05) is 17.7 Å². The predicted molar refractivity (Wildman–Crippen MR) is 69.0 cm³/mol. The third kappa shape index (κ3) is 3.00. The number of rotatable bonds is 4. The number of amides is 1. The van der Waals surface area contributed by atoms with Crippen LogP contribution in [-0.4, -0.2) is 23.4 Å². The fourth-order valence-corrected chi connectivity index (χ4v) is 2.60. The fraction of sp³-hybridized carbons (Fsp3) is 0.417. The first kappa shape index (κ1) is 12.4. The van der Waals surface area contributed by atoms with Crippen LogP contribution in [0.4, 0.5) is 5.69 Å². The molecule has 1 heterocycles. The average Bonchev–Trinajstić information content (AvgIpc) is 2.35. The number of carbonyl (C=O) groups excluding carboxylic acids is 1. The number of nitrogens with two attached hydrogens (primary N) is 1. The number of carbonyl (C=O) groups is 1. The summed E-state index contributed by atoms with van der Waals surface area (Å²) in [4.78, 5) is 12.4. The number of benzene rings is 1. The summed E-state index contributed by atoms with van der Waals surface area (Å²) >= 11 is 1.54. The van der Waals surface area contributed by atoms with Crippen molar-refractivity contribution in [2.45, 2.75) is 23.8 Å². The summed E-state index contributed by atoms with van der Waals surface area (Å²) in [6, 6.07) is 5.83. The molecular formula is C12H16N2O2S. The van der Waals surface area contributed by atoms with Gasteiger partial charge in [-0.1, -0.05) is 6.07 Å². The maximum atomic E-state index is 11.3. The largest absolute Gasteiger partial charge is 0.396 e. The lowest BCUT2D eigenvalue weighted by molar-refractivity contribution is -0.113. The van der Waals surface area contributed by atoms with E-state index in [1.54, 1.807) is 11.8 Å². The predicted octanol–water partition coefficient (Wildman–Crippen LogP) is 1.50. The molecule has 1 aromatic rings. The summed E-state index contributed by atoms with van der Waals surface area (Å²) in [5.74, 6) is 0.506. The molecule has 5 heteroatoms. The smallest absolute Gasteiger partial charge is 0.234 e. The molecule has 4 N–H and O–H groups in total. The number of hydrogen-bond acceptors (Lipinski definition) is 4. The Kier molecular flexibility index (Phi) is 4.04. The van der Waals surface area contributed by atoms with Crippen molar-refractivity contribution in [2.24, 2.45) is 5.73 Å². The average molecular weight is 252 g/mol. The SMILES string of the molecule is NC(CCCO)c1ccc2c(c1)NC(=O)CS2. The molecule has 1 aromatic carbocycles. The highest BCUT2D eigenvalue weighted by atomic mass is 32.2. The fourth-order valence-electron chi connectivity index (χ4n) is 1.81. The molecule has 1 amide bonds. The van der Waals surface area contributed by atoms with E-state index < -0.39 is 0 Å². The van der Waals surface area contributed by atoms with Gasteiger partial charge in [0, 0.05) is 17.5 Å². The molecule has 0 spiro atoms. The van der Waals surface area contributed by atoms with Gasteiger partial charge in [0.1, 0.15) is 0 Å². The van der Waals surface area contributed by atoms with E-state index in [-0.39, 0.29) is 18.6 Å². The molecule has 0 aliphatic carbocycles. The second-order valence-electron chi connectivity index (χ2n) is 4.06. The Morgan fingerprint density at radius 3 is 3.12 bits per heavy atom. The van der Waals surface area contributed by atoms with E-state index in [0.29, 0.717) is 12.2 Å². The first-order chi connectivity index (χ1) is 8.20. The van der Waals surface area contributed by atoms with E-state index in [4.69, 9.17) is 10.8 Å². The van der Waals surface area contributed by atoms with Crippen LogP contribution in [0.25, 0.3) is 0 Å². The van der Waals surface area contributed by atoms with Crippen LogP contribution in [0, 0.1) is 0 Å². The van der Waals surface area contributed by atoms with Crippen molar-refractivity contribution in [1.82, 2.24) is 0 Å². The van der Waals surface area contributed by atoms with Crippen LogP contribution in [0.3, 0.4) is 0 Å². The normalized spacial score (nSPS) is 16.2. The summed E-state index contributed by atoms with van der Waals surface area (Å²) in [6.07, 6.45) is 1.44. The summed E-state index contributed by atoms with van der Waals surface area (Å²) in [5, 5.41) is 11.6. The van der Waals surface area contributed by atoms with Gasteiger partial charge in [-0.25, -0.2) is 0 Å². The van der Waals surface area contributed by atoms with E-state index in [1.807, 2.05) is 18.2 Å². The van der Waals surface area contributed by atoms with Crippen LogP contribution < -0.4 is 11.1 Å². The van der Waals surface area contributed by atoms with Gasteiger partial charge >= 0.3 is 0 Å². The van der Waals surface area contributed by atoms with Crippen molar-refractivity contribution >= 4 is 23.4 Å². The Hall–Kier alpha value is -1.04. The Morgan fingerprint density at radius 2 is 2.35 bits per heavy atom. The number of nitrogens with one attached hydrogen (secondary N) is 1. The summed E-state index contributed by atoms with van der Waals surface area (Å²) in [5.41, 5.74) is 7.87. The van der Waals surface area contributed by atoms with Crippen molar-refractivity contribution < 1.29 is 9.90 Å². The van der Waals surface area contributed by atoms with E-state index >= 15 is 0 Å². The van der Waals surface area contributed by atoms with Crippen LogP contribution in [0.5, 0.6) is 0 Å². The van der Waals surface area contributed by atoms with Gasteiger partial charge in [0.15, 0.2) is 0 Å². The minimum Gasteiger partial charge on any atom is -0.396 e. The van der Waals surface area contributed by atoms with Crippen molar-refractivity contribution in [3.05, 3.63) is 23.8 Å². The molecule has 0 saturated heterocycles. The second-order valence-corrected chi connectivity index (χ2v) is 5.08. The van der Waals surface area contributed by atoms with Gasteiger partial charge in [-0.2, -0.15) is 0 Å². The van der Waals surface area contributed by atoms with E-state index in [9.17, 15) is 4.79 Å². The van der Waals surface area contributed by atoms with Crippen LogP contribution in [0.2, 0.25) is 0 Å². The molecular weight excluding hydrogens is 236 g/mol. The van der Waals surface area contributed by atoms with Gasteiger partial charge in [-0.05, 0) is 30.5 Å². The third-order valence-electron chi connectivity index (χ3n) is 2.74. The Balaban J connectivity index is 2.14. The maximum Gasteiger partial charge on any atom is 0.234 e. The Morgan fingerprint density at radius 1 is 1.53 bits per heavy atom. The van der Waals surface area contributed by atoms with Crippen LogP contribution in [-0.2, 0) is 4.79 Å². The zero-order valence-corrected chi connectivity index (χ0v) is 10.3. The van der Waals surface area contributed by atoms with Gasteiger partial charge in [-0.15, -0.1) is 11.8 Å². The molecule has 1 aliphatic rings. The standard InChI is InChI=1S/C12H16N2O2S/c13-9(2-1-5-15)8-3-4-11-10(6-8)14-12(16)7-17-11/h3-4,6,9,15H,1-2,5,7,13H2,(H,14,16). The van der Waals surface area contributed by atoms with E-state index in [0.717, 1.165) is 22.6 Å². The quantitative estimate of drug-likeness (QED) is 0.759. The Bertz CT molecular complexity index is 423. The molecule has 17 heavy (non-hydrogen) atoms. The van der Waals surface area contributed by atoms with Gasteiger partial charge in [0.2, 0.25) is 5.91 Å². The van der Waals surface area contributed by atoms with Gasteiger partial charge < -0.3 is 16.2 Å². The zero-order chi connectivity index (χ0) is 12.3. The summed E-state index contributed by atoms with van der Waals surface area (Å²) in [7, 11) is 0. The van der Waals surface area contributed by atoms with Crippen LogP contribution in [0.15, 0.2) is 23.1 Å². The molecule has 0 saturated carbocycles. The second kappa shape index (κ2) is 5.53. The van der Waals surface area contributed by atoms with Crippen molar-refractivity contribution in [3.8, 4) is 0 Å². The monoisotopic (exact) mass is 252 g/mol. The van der Waals surface area contributed by atoms with E-state index in [1.165, 1.54) is 0 Å². The lowest BCUT2D eigenvalue weighted by Gasteiger charge is -2.19. The van der Waals surface area contributed by atoms with Crippen molar-refractivity contribution in [3.63, 3.8) is 0 Å². The molecule has 92 valence electrons. The van der Waals surface area contributed by atoms with E-state index in [2.05, 4.69) is 5.32 Å². The third-order valence-corrected chi connectivity index (χ3v) is 3.81.